The number of rotatable bonds is 0. The van der Waals surface area contributed by atoms with E-state index in [2.05, 4.69) is 5.32 Å². The van der Waals surface area contributed by atoms with E-state index < -0.39 is 11.6 Å². The third-order valence-corrected chi connectivity index (χ3v) is 1.68. The average Bonchev–Trinajstić information content (AvgIpc) is 2.08. The minimum Gasteiger partial charge on any atom is -0.505 e. The molecule has 68 valence electrons. The molecule has 1 aromatic rings. The molecule has 0 spiro atoms. The quantitative estimate of drug-likeness (QED) is 0.627. The number of carbonyl (C=O) groups is 1. The Morgan fingerprint density at radius 2 is 2.31 bits per heavy atom. The molecule has 13 heavy (non-hydrogen) atoms. The van der Waals surface area contributed by atoms with Crippen molar-refractivity contribution in [2.75, 3.05) is 11.9 Å². The lowest BCUT2D eigenvalue weighted by Crippen LogP contribution is -2.25. The fourth-order valence-corrected chi connectivity index (χ4v) is 1.09. The molecule has 1 amide bonds. The molecule has 2 rings (SSSR count). The zero-order valence-corrected chi connectivity index (χ0v) is 6.50. The van der Waals surface area contributed by atoms with E-state index in [0.29, 0.717) is 0 Å². The van der Waals surface area contributed by atoms with E-state index >= 15 is 0 Å². The Hall–Kier alpha value is -1.78. The Morgan fingerprint density at radius 1 is 1.54 bits per heavy atom. The highest BCUT2D eigenvalue weighted by molar-refractivity contribution is 5.95. The van der Waals surface area contributed by atoms with E-state index in [9.17, 15) is 9.18 Å². The maximum Gasteiger partial charge on any atom is 0.262 e. The Morgan fingerprint density at radius 3 is 3.08 bits per heavy atom. The van der Waals surface area contributed by atoms with Crippen molar-refractivity contribution in [2.45, 2.75) is 0 Å². The van der Waals surface area contributed by atoms with Gasteiger partial charge in [-0.3, -0.25) is 4.79 Å². The van der Waals surface area contributed by atoms with Crippen molar-refractivity contribution in [2.24, 2.45) is 0 Å². The normalized spacial score (nSPS) is 14.4. The van der Waals surface area contributed by atoms with Gasteiger partial charge in [0, 0.05) is 12.1 Å². The molecule has 2 N–H and O–H groups in total. The molecule has 0 saturated carbocycles. The first-order valence-electron chi connectivity index (χ1n) is 3.62. The summed E-state index contributed by atoms with van der Waals surface area (Å²) in [7, 11) is 0. The molecule has 4 nitrogen and oxygen atoms in total. The SMILES string of the molecule is O=C1COc2cc(F)c(O)cc2N1. The fourth-order valence-electron chi connectivity index (χ4n) is 1.09. The monoisotopic (exact) mass is 183 g/mol. The van der Waals surface area contributed by atoms with Crippen molar-refractivity contribution in [3.05, 3.63) is 17.9 Å². The van der Waals surface area contributed by atoms with Crippen molar-refractivity contribution >= 4 is 11.6 Å². The predicted molar refractivity (Wildman–Crippen MR) is 42.2 cm³/mol. The molecular formula is C8H6FNO3. The zero-order chi connectivity index (χ0) is 9.42. The number of nitrogens with one attached hydrogen (secondary N) is 1. The van der Waals surface area contributed by atoms with Crippen molar-refractivity contribution < 1.29 is 19.0 Å². The van der Waals surface area contributed by atoms with Crippen molar-refractivity contribution in [1.82, 2.24) is 0 Å². The van der Waals surface area contributed by atoms with Gasteiger partial charge in [-0.15, -0.1) is 0 Å². The van der Waals surface area contributed by atoms with E-state index in [-0.39, 0.29) is 24.0 Å². The van der Waals surface area contributed by atoms with E-state index in [1.807, 2.05) is 0 Å². The van der Waals surface area contributed by atoms with E-state index in [1.54, 1.807) is 0 Å². The number of benzene rings is 1. The number of hydrogen-bond acceptors (Lipinski definition) is 3. The molecule has 1 aliphatic rings. The van der Waals surface area contributed by atoms with E-state index in [4.69, 9.17) is 9.84 Å². The van der Waals surface area contributed by atoms with Crippen LogP contribution in [-0.2, 0) is 4.79 Å². The topological polar surface area (TPSA) is 58.6 Å². The van der Waals surface area contributed by atoms with Crippen LogP contribution in [0.5, 0.6) is 11.5 Å². The second-order valence-electron chi connectivity index (χ2n) is 2.64. The summed E-state index contributed by atoms with van der Waals surface area (Å²) in [5.74, 6) is -1.37. The van der Waals surface area contributed by atoms with E-state index in [1.165, 1.54) is 0 Å². The minimum absolute atomic E-state index is 0.128. The molecule has 0 aromatic heterocycles. The fraction of sp³-hybridized carbons (Fsp3) is 0.125. The maximum absolute atomic E-state index is 12.8. The van der Waals surface area contributed by atoms with Crippen molar-refractivity contribution in [3.8, 4) is 11.5 Å². The molecule has 0 atom stereocenters. The number of hydrogen-bond donors (Lipinski definition) is 2. The number of carbonyl (C=O) groups excluding carboxylic acids is 1. The van der Waals surface area contributed by atoms with Crippen LogP contribution in [-0.4, -0.2) is 17.6 Å². The third kappa shape index (κ3) is 1.28. The summed E-state index contributed by atoms with van der Waals surface area (Å²) in [6, 6.07) is 2.14. The van der Waals surface area contributed by atoms with Gasteiger partial charge in [0.05, 0.1) is 5.69 Å². The summed E-state index contributed by atoms with van der Waals surface area (Å²) in [6.45, 7) is -0.128. The highest BCUT2D eigenvalue weighted by Gasteiger charge is 2.18. The molecule has 0 unspecified atom stereocenters. The predicted octanol–water partition coefficient (Wildman–Crippen LogP) is 0.862. The van der Waals surface area contributed by atoms with Crippen LogP contribution in [0.3, 0.4) is 0 Å². The van der Waals surface area contributed by atoms with Gasteiger partial charge in [0.1, 0.15) is 5.75 Å². The van der Waals surface area contributed by atoms with Gasteiger partial charge in [0.25, 0.3) is 5.91 Å². The van der Waals surface area contributed by atoms with Crippen LogP contribution >= 0.6 is 0 Å². The Kier molecular flexibility index (Phi) is 1.58. The maximum atomic E-state index is 12.8. The molecule has 1 aliphatic heterocycles. The van der Waals surface area contributed by atoms with Crippen molar-refractivity contribution in [1.29, 1.82) is 0 Å². The van der Waals surface area contributed by atoms with Crippen LogP contribution in [0, 0.1) is 5.82 Å². The Balaban J connectivity index is 2.49. The lowest BCUT2D eigenvalue weighted by molar-refractivity contribution is -0.118. The number of aromatic hydroxyl groups is 1. The standard InChI is InChI=1S/C8H6FNO3/c9-4-1-7-5(2-6(4)11)10-8(12)3-13-7/h1-2,11H,3H2,(H,10,12). The first-order chi connectivity index (χ1) is 6.16. The van der Waals surface area contributed by atoms with Crippen LogP contribution < -0.4 is 10.1 Å². The summed E-state index contributed by atoms with van der Waals surface area (Å²) >= 11 is 0. The molecule has 1 aromatic carbocycles. The van der Waals surface area contributed by atoms with Gasteiger partial charge in [-0.25, -0.2) is 4.39 Å². The molecule has 0 fully saturated rings. The summed E-state index contributed by atoms with van der Waals surface area (Å²) in [5.41, 5.74) is 0.287. The highest BCUT2D eigenvalue weighted by Crippen LogP contribution is 2.33. The zero-order valence-electron chi connectivity index (χ0n) is 6.50. The molecular weight excluding hydrogens is 177 g/mol. The number of phenolic OH excluding ortho intramolecular Hbond substituents is 1. The van der Waals surface area contributed by atoms with Crippen LogP contribution in [0.2, 0.25) is 0 Å². The first kappa shape index (κ1) is 7.85. The number of amides is 1. The van der Waals surface area contributed by atoms with Crippen molar-refractivity contribution in [3.63, 3.8) is 0 Å². The largest absolute Gasteiger partial charge is 0.505 e. The summed E-state index contributed by atoms with van der Waals surface area (Å²) in [6.07, 6.45) is 0. The van der Waals surface area contributed by atoms with Crippen LogP contribution in [0.25, 0.3) is 0 Å². The molecule has 0 aliphatic carbocycles. The molecule has 5 heteroatoms. The molecule has 0 saturated heterocycles. The summed E-state index contributed by atoms with van der Waals surface area (Å²) in [5, 5.41) is 11.4. The van der Waals surface area contributed by atoms with Gasteiger partial charge in [0.15, 0.2) is 18.2 Å². The van der Waals surface area contributed by atoms with Gasteiger partial charge in [-0.1, -0.05) is 0 Å². The number of phenols is 1. The van der Waals surface area contributed by atoms with Crippen LogP contribution in [0.4, 0.5) is 10.1 Å². The number of halogens is 1. The second-order valence-corrected chi connectivity index (χ2v) is 2.64. The number of fused-ring (bicyclic) bond motifs is 1. The van der Waals surface area contributed by atoms with Gasteiger partial charge >= 0.3 is 0 Å². The van der Waals surface area contributed by atoms with Crippen LogP contribution in [0.15, 0.2) is 12.1 Å². The van der Waals surface area contributed by atoms with Crippen LogP contribution in [0.1, 0.15) is 0 Å². The first-order valence-corrected chi connectivity index (χ1v) is 3.62. The average molecular weight is 183 g/mol. The highest BCUT2D eigenvalue weighted by atomic mass is 19.1. The molecule has 0 bridgehead atoms. The third-order valence-electron chi connectivity index (χ3n) is 1.68. The van der Waals surface area contributed by atoms with Gasteiger partial charge in [0.2, 0.25) is 0 Å². The van der Waals surface area contributed by atoms with Gasteiger partial charge in [-0.2, -0.15) is 0 Å². The second kappa shape index (κ2) is 2.62. The molecule has 1 heterocycles. The Labute approximate surface area is 72.9 Å². The van der Waals surface area contributed by atoms with Gasteiger partial charge < -0.3 is 15.2 Å². The number of ether oxygens (including phenoxy) is 1. The van der Waals surface area contributed by atoms with Gasteiger partial charge in [-0.05, 0) is 0 Å². The minimum atomic E-state index is -0.769. The Bertz CT molecular complexity index is 378. The summed E-state index contributed by atoms with van der Waals surface area (Å²) < 4.78 is 17.7. The lowest BCUT2D eigenvalue weighted by atomic mass is 10.2. The van der Waals surface area contributed by atoms with E-state index in [0.717, 1.165) is 12.1 Å². The lowest BCUT2D eigenvalue weighted by Gasteiger charge is -2.17. The summed E-state index contributed by atoms with van der Waals surface area (Å²) in [4.78, 5) is 10.8. The smallest absolute Gasteiger partial charge is 0.262 e. The molecule has 0 radical (unpaired) electrons. The number of anilines is 1.